The van der Waals surface area contributed by atoms with Gasteiger partial charge in [-0.15, -0.1) is 0 Å². The Morgan fingerprint density at radius 2 is 1.86 bits per heavy atom. The van der Waals surface area contributed by atoms with Crippen molar-refractivity contribution in [3.8, 4) is 0 Å². The molecule has 0 saturated carbocycles. The predicted octanol–water partition coefficient (Wildman–Crippen LogP) is 0.915. The van der Waals surface area contributed by atoms with Gasteiger partial charge < -0.3 is 9.47 Å². The summed E-state index contributed by atoms with van der Waals surface area (Å²) in [4.78, 5) is 22.7. The van der Waals surface area contributed by atoms with Crippen LogP contribution in [0.1, 0.15) is 12.8 Å². The van der Waals surface area contributed by atoms with Crippen molar-refractivity contribution in [2.24, 2.45) is 11.8 Å². The maximum Gasteiger partial charge on any atom is 0.320 e. The molecule has 0 aromatic carbocycles. The summed E-state index contributed by atoms with van der Waals surface area (Å²) in [6, 6.07) is 0. The average Bonchev–Trinajstić information content (AvgIpc) is 2.70. The summed E-state index contributed by atoms with van der Waals surface area (Å²) >= 11 is 0. The highest BCUT2D eigenvalue weighted by Crippen LogP contribution is 2.27. The fourth-order valence-corrected chi connectivity index (χ4v) is 1.63. The maximum atomic E-state index is 11.3. The molecule has 0 aliphatic heterocycles. The number of carbonyl (C=O) groups is 2. The number of allylic oxidation sites excluding steroid dienone is 2. The van der Waals surface area contributed by atoms with Gasteiger partial charge in [0.05, 0.1) is 14.2 Å². The molecule has 0 N–H and O–H groups in total. The predicted molar refractivity (Wildman–Crippen MR) is 49.4 cm³/mol. The Morgan fingerprint density at radius 3 is 2.21 bits per heavy atom. The van der Waals surface area contributed by atoms with E-state index in [9.17, 15) is 9.59 Å². The van der Waals surface area contributed by atoms with Crippen LogP contribution >= 0.6 is 0 Å². The number of ether oxygens (including phenoxy) is 2. The van der Waals surface area contributed by atoms with E-state index in [2.05, 4.69) is 9.47 Å². The maximum absolute atomic E-state index is 11.3. The number of methoxy groups -OCH3 is 2. The van der Waals surface area contributed by atoms with E-state index in [-0.39, 0.29) is 5.92 Å². The summed E-state index contributed by atoms with van der Waals surface area (Å²) < 4.78 is 9.15. The molecule has 0 fully saturated rings. The summed E-state index contributed by atoms with van der Waals surface area (Å²) in [6.07, 6.45) is 5.53. The molecule has 1 aliphatic carbocycles. The molecule has 78 valence electrons. The van der Waals surface area contributed by atoms with Gasteiger partial charge in [0.25, 0.3) is 0 Å². The highest BCUT2D eigenvalue weighted by molar-refractivity contribution is 5.95. The first-order chi connectivity index (χ1) is 6.70. The zero-order chi connectivity index (χ0) is 10.6. The molecule has 0 saturated heterocycles. The molecule has 1 unspecified atom stereocenters. The van der Waals surface area contributed by atoms with Crippen LogP contribution in [0.15, 0.2) is 12.2 Å². The Morgan fingerprint density at radius 1 is 1.29 bits per heavy atom. The Hall–Kier alpha value is -1.32. The normalized spacial score (nSPS) is 19.8. The minimum Gasteiger partial charge on any atom is -0.468 e. The summed E-state index contributed by atoms with van der Waals surface area (Å²) in [7, 11) is 2.55. The van der Waals surface area contributed by atoms with Crippen LogP contribution in [0.5, 0.6) is 0 Å². The fraction of sp³-hybridized carbons (Fsp3) is 0.600. The van der Waals surface area contributed by atoms with Crippen molar-refractivity contribution in [3.63, 3.8) is 0 Å². The zero-order valence-corrected chi connectivity index (χ0v) is 8.36. The standard InChI is InChI=1S/C10H14O4/c1-13-9(11)8(10(12)14-2)7-5-3-4-6-7/h3,5,7-8H,4,6H2,1-2H3. The Bertz CT molecular complexity index is 241. The smallest absolute Gasteiger partial charge is 0.320 e. The Balaban J connectivity index is 2.75. The monoisotopic (exact) mass is 198 g/mol. The third-order valence-corrected chi connectivity index (χ3v) is 2.39. The number of hydrogen-bond acceptors (Lipinski definition) is 4. The van der Waals surface area contributed by atoms with Gasteiger partial charge in [0, 0.05) is 5.92 Å². The highest BCUT2D eigenvalue weighted by atomic mass is 16.5. The van der Waals surface area contributed by atoms with Crippen LogP contribution in [0.2, 0.25) is 0 Å². The van der Waals surface area contributed by atoms with Gasteiger partial charge in [-0.3, -0.25) is 9.59 Å². The second kappa shape index (κ2) is 4.79. The van der Waals surface area contributed by atoms with Crippen LogP contribution in [0.3, 0.4) is 0 Å². The van der Waals surface area contributed by atoms with Gasteiger partial charge in [0.15, 0.2) is 5.92 Å². The van der Waals surface area contributed by atoms with E-state index >= 15 is 0 Å². The molecule has 0 radical (unpaired) electrons. The first-order valence-electron chi connectivity index (χ1n) is 4.53. The van der Waals surface area contributed by atoms with Gasteiger partial charge in [-0.25, -0.2) is 0 Å². The Labute approximate surface area is 82.9 Å². The van der Waals surface area contributed by atoms with Gasteiger partial charge in [-0.05, 0) is 12.8 Å². The van der Waals surface area contributed by atoms with Crippen LogP contribution in [0, 0.1) is 11.8 Å². The van der Waals surface area contributed by atoms with Gasteiger partial charge in [0.2, 0.25) is 0 Å². The molecule has 14 heavy (non-hydrogen) atoms. The molecule has 0 aromatic rings. The summed E-state index contributed by atoms with van der Waals surface area (Å²) in [6.45, 7) is 0. The van der Waals surface area contributed by atoms with E-state index in [1.165, 1.54) is 14.2 Å². The number of rotatable bonds is 3. The van der Waals surface area contributed by atoms with Gasteiger partial charge in [-0.2, -0.15) is 0 Å². The highest BCUT2D eigenvalue weighted by Gasteiger charge is 2.36. The second-order valence-electron chi connectivity index (χ2n) is 3.19. The molecule has 0 bridgehead atoms. The first kappa shape index (κ1) is 10.8. The molecule has 1 aliphatic rings. The van der Waals surface area contributed by atoms with E-state index < -0.39 is 17.9 Å². The van der Waals surface area contributed by atoms with Crippen LogP contribution in [0.25, 0.3) is 0 Å². The molecule has 0 amide bonds. The van der Waals surface area contributed by atoms with Crippen molar-refractivity contribution in [1.82, 2.24) is 0 Å². The summed E-state index contributed by atoms with van der Waals surface area (Å²) in [5.41, 5.74) is 0. The van der Waals surface area contributed by atoms with E-state index in [4.69, 9.17) is 0 Å². The fourth-order valence-electron chi connectivity index (χ4n) is 1.63. The number of esters is 2. The first-order valence-corrected chi connectivity index (χ1v) is 4.53. The lowest BCUT2D eigenvalue weighted by atomic mass is 9.92. The topological polar surface area (TPSA) is 52.6 Å². The van der Waals surface area contributed by atoms with Crippen LogP contribution < -0.4 is 0 Å². The lowest BCUT2D eigenvalue weighted by molar-refractivity contribution is -0.160. The molecule has 4 nitrogen and oxygen atoms in total. The van der Waals surface area contributed by atoms with Crippen molar-refractivity contribution in [3.05, 3.63) is 12.2 Å². The summed E-state index contributed by atoms with van der Waals surface area (Å²) in [5, 5.41) is 0. The van der Waals surface area contributed by atoms with Crippen molar-refractivity contribution < 1.29 is 19.1 Å². The van der Waals surface area contributed by atoms with Crippen molar-refractivity contribution in [2.75, 3.05) is 14.2 Å². The van der Waals surface area contributed by atoms with Crippen molar-refractivity contribution in [1.29, 1.82) is 0 Å². The Kier molecular flexibility index (Phi) is 3.68. The molecule has 0 spiro atoms. The van der Waals surface area contributed by atoms with Crippen LogP contribution in [-0.2, 0) is 19.1 Å². The van der Waals surface area contributed by atoms with Crippen molar-refractivity contribution >= 4 is 11.9 Å². The molecule has 1 rings (SSSR count). The van der Waals surface area contributed by atoms with Crippen molar-refractivity contribution in [2.45, 2.75) is 12.8 Å². The summed E-state index contributed by atoms with van der Waals surface area (Å²) in [5.74, 6) is -1.92. The van der Waals surface area contributed by atoms with Gasteiger partial charge >= 0.3 is 11.9 Å². The molecule has 0 aromatic heterocycles. The number of carbonyl (C=O) groups excluding carboxylic acids is 2. The van der Waals surface area contributed by atoms with Crippen LogP contribution in [0.4, 0.5) is 0 Å². The molecule has 0 heterocycles. The van der Waals surface area contributed by atoms with E-state index in [0.717, 1.165) is 12.8 Å². The quantitative estimate of drug-likeness (QED) is 0.384. The third kappa shape index (κ3) is 2.13. The molecular weight excluding hydrogens is 184 g/mol. The SMILES string of the molecule is COC(=O)C(C(=O)OC)C1C=CCC1. The van der Waals surface area contributed by atoms with E-state index in [1.54, 1.807) is 0 Å². The van der Waals surface area contributed by atoms with Gasteiger partial charge in [0.1, 0.15) is 0 Å². The zero-order valence-electron chi connectivity index (χ0n) is 8.36. The van der Waals surface area contributed by atoms with E-state index in [0.29, 0.717) is 0 Å². The van der Waals surface area contributed by atoms with Gasteiger partial charge in [-0.1, -0.05) is 12.2 Å². The minimum atomic E-state index is -0.802. The number of hydrogen-bond donors (Lipinski definition) is 0. The molecular formula is C10H14O4. The van der Waals surface area contributed by atoms with E-state index in [1.807, 2.05) is 12.2 Å². The largest absolute Gasteiger partial charge is 0.468 e. The molecule has 4 heteroatoms. The lowest BCUT2D eigenvalue weighted by Gasteiger charge is -2.17. The van der Waals surface area contributed by atoms with Crippen LogP contribution in [-0.4, -0.2) is 26.2 Å². The minimum absolute atomic E-state index is 0.0742. The molecule has 1 atom stereocenters. The second-order valence-corrected chi connectivity index (χ2v) is 3.19. The third-order valence-electron chi connectivity index (χ3n) is 2.39. The average molecular weight is 198 g/mol. The lowest BCUT2D eigenvalue weighted by Crippen LogP contribution is -2.31.